The monoisotopic (exact) mass is 426 g/mol. The Morgan fingerprint density at radius 3 is 1.31 bits per heavy atom. The number of aromatic nitrogens is 4. The SMILES string of the molecule is O=c1nc(-c2ccccc2)on1Cc1ccc(Cn2oc(-c3ccccc3)nc2=O)cc1. The van der Waals surface area contributed by atoms with Crippen molar-refractivity contribution in [1.82, 2.24) is 19.4 Å². The molecule has 0 unspecified atom stereocenters. The predicted molar refractivity (Wildman–Crippen MR) is 117 cm³/mol. The zero-order valence-electron chi connectivity index (χ0n) is 16.9. The van der Waals surface area contributed by atoms with Gasteiger partial charge in [0.25, 0.3) is 11.8 Å². The van der Waals surface area contributed by atoms with Gasteiger partial charge in [0.05, 0.1) is 13.1 Å². The third-order valence-corrected chi connectivity index (χ3v) is 4.93. The van der Waals surface area contributed by atoms with E-state index in [1.54, 1.807) is 0 Å². The van der Waals surface area contributed by atoms with Gasteiger partial charge in [-0.1, -0.05) is 60.7 Å². The lowest BCUT2D eigenvalue weighted by Gasteiger charge is -2.04. The molecule has 32 heavy (non-hydrogen) atoms. The van der Waals surface area contributed by atoms with E-state index in [1.165, 1.54) is 9.48 Å². The van der Waals surface area contributed by atoms with E-state index in [0.717, 1.165) is 22.3 Å². The first-order valence-electron chi connectivity index (χ1n) is 10.0. The van der Waals surface area contributed by atoms with Crippen molar-refractivity contribution in [3.05, 3.63) is 117 Å². The Kier molecular flexibility index (Phi) is 5.09. The van der Waals surface area contributed by atoms with Crippen molar-refractivity contribution >= 4 is 0 Å². The van der Waals surface area contributed by atoms with Crippen LogP contribution in [0.25, 0.3) is 22.9 Å². The van der Waals surface area contributed by atoms with E-state index in [-0.39, 0.29) is 24.9 Å². The molecule has 0 atom stereocenters. The second kappa shape index (κ2) is 8.35. The van der Waals surface area contributed by atoms with Gasteiger partial charge < -0.3 is 9.05 Å². The first-order chi connectivity index (χ1) is 15.7. The number of hydrogen-bond acceptors (Lipinski definition) is 6. The molecule has 0 spiro atoms. The Morgan fingerprint density at radius 2 is 0.938 bits per heavy atom. The van der Waals surface area contributed by atoms with Gasteiger partial charge in [-0.2, -0.15) is 9.97 Å². The van der Waals surface area contributed by atoms with Crippen molar-refractivity contribution in [1.29, 1.82) is 0 Å². The quantitative estimate of drug-likeness (QED) is 0.413. The van der Waals surface area contributed by atoms with E-state index in [1.807, 2.05) is 84.9 Å². The summed E-state index contributed by atoms with van der Waals surface area (Å²) in [6, 6.07) is 26.0. The van der Waals surface area contributed by atoms with Gasteiger partial charge in [-0.25, -0.2) is 9.59 Å². The fourth-order valence-corrected chi connectivity index (χ4v) is 3.29. The molecule has 2 aromatic heterocycles. The molecule has 0 fully saturated rings. The molecule has 0 saturated heterocycles. The summed E-state index contributed by atoms with van der Waals surface area (Å²) in [4.78, 5) is 32.3. The maximum atomic E-state index is 12.2. The molecule has 8 nitrogen and oxygen atoms in total. The van der Waals surface area contributed by atoms with Gasteiger partial charge in [0.15, 0.2) is 0 Å². The standard InChI is InChI=1S/C24H18N4O4/c29-23-25-21(19-7-3-1-4-8-19)31-27(23)15-17-11-13-18(14-12-17)16-28-24(30)26-22(32-28)20-9-5-2-6-10-20/h1-14H,15-16H2. The minimum atomic E-state index is -0.449. The minimum Gasteiger partial charge on any atom is -0.354 e. The second-order valence-electron chi connectivity index (χ2n) is 7.20. The Bertz CT molecular complexity index is 1330. The van der Waals surface area contributed by atoms with Gasteiger partial charge in [0.1, 0.15) is 0 Å². The average Bonchev–Trinajstić information content (AvgIpc) is 3.38. The maximum Gasteiger partial charge on any atom is 0.380 e. The van der Waals surface area contributed by atoms with Crippen LogP contribution in [0.5, 0.6) is 0 Å². The summed E-state index contributed by atoms with van der Waals surface area (Å²) < 4.78 is 13.7. The Labute approximate surface area is 182 Å². The molecule has 0 bridgehead atoms. The molecule has 0 radical (unpaired) electrons. The molecule has 3 aromatic carbocycles. The number of hydrogen-bond donors (Lipinski definition) is 0. The highest BCUT2D eigenvalue weighted by Crippen LogP contribution is 2.17. The average molecular weight is 426 g/mol. The third kappa shape index (κ3) is 4.06. The summed E-state index contributed by atoms with van der Waals surface area (Å²) in [7, 11) is 0. The zero-order valence-corrected chi connectivity index (χ0v) is 16.9. The summed E-state index contributed by atoms with van der Waals surface area (Å²) in [6.07, 6.45) is 0. The van der Waals surface area contributed by atoms with Crippen molar-refractivity contribution in [2.75, 3.05) is 0 Å². The molecule has 2 heterocycles. The van der Waals surface area contributed by atoms with E-state index in [9.17, 15) is 9.59 Å². The van der Waals surface area contributed by atoms with E-state index >= 15 is 0 Å². The van der Waals surface area contributed by atoms with Crippen molar-refractivity contribution in [2.24, 2.45) is 0 Å². The molecule has 5 aromatic rings. The van der Waals surface area contributed by atoms with Crippen LogP contribution in [-0.2, 0) is 13.1 Å². The summed E-state index contributed by atoms with van der Waals surface area (Å²) >= 11 is 0. The van der Waals surface area contributed by atoms with Crippen molar-refractivity contribution in [3.63, 3.8) is 0 Å². The third-order valence-electron chi connectivity index (χ3n) is 4.93. The Morgan fingerprint density at radius 1 is 0.562 bits per heavy atom. The van der Waals surface area contributed by atoms with Crippen LogP contribution >= 0.6 is 0 Å². The first-order valence-corrected chi connectivity index (χ1v) is 10.0. The molecule has 0 aliphatic heterocycles. The summed E-state index contributed by atoms with van der Waals surface area (Å²) in [5.74, 6) is 0.567. The van der Waals surface area contributed by atoms with E-state index in [0.29, 0.717) is 0 Å². The molecule has 5 rings (SSSR count). The lowest BCUT2D eigenvalue weighted by atomic mass is 10.1. The molecule has 0 aliphatic rings. The summed E-state index contributed by atoms with van der Waals surface area (Å²) in [5.41, 5.74) is 2.31. The number of rotatable bonds is 6. The number of benzene rings is 3. The van der Waals surface area contributed by atoms with Crippen LogP contribution in [0, 0.1) is 0 Å². The van der Waals surface area contributed by atoms with Gasteiger partial charge in [0.2, 0.25) is 0 Å². The van der Waals surface area contributed by atoms with Crippen molar-refractivity contribution in [2.45, 2.75) is 13.1 Å². The molecule has 158 valence electrons. The highest BCUT2D eigenvalue weighted by atomic mass is 16.5. The van der Waals surface area contributed by atoms with Crippen LogP contribution in [0.15, 0.2) is 104 Å². The first kappa shape index (κ1) is 19.5. The molecular formula is C24H18N4O4. The fourth-order valence-electron chi connectivity index (χ4n) is 3.29. The van der Waals surface area contributed by atoms with E-state index in [4.69, 9.17) is 9.05 Å². The van der Waals surface area contributed by atoms with Crippen molar-refractivity contribution in [3.8, 4) is 22.9 Å². The second-order valence-corrected chi connectivity index (χ2v) is 7.20. The van der Waals surface area contributed by atoms with Crippen molar-refractivity contribution < 1.29 is 9.05 Å². The molecule has 0 saturated carbocycles. The summed E-state index contributed by atoms with van der Waals surface area (Å²) in [5, 5.41) is 0. The van der Waals surface area contributed by atoms with Crippen LogP contribution in [-0.4, -0.2) is 19.4 Å². The fraction of sp³-hybridized carbons (Fsp3) is 0.0833. The lowest BCUT2D eigenvalue weighted by molar-refractivity contribution is 0.284. The highest BCUT2D eigenvalue weighted by molar-refractivity contribution is 5.52. The molecular weight excluding hydrogens is 408 g/mol. The van der Waals surface area contributed by atoms with Gasteiger partial charge in [-0.3, -0.25) is 0 Å². The molecule has 0 N–H and O–H groups in total. The molecule has 0 amide bonds. The molecule has 8 heteroatoms. The molecule has 0 aliphatic carbocycles. The Hall–Kier alpha value is -4.46. The van der Waals surface area contributed by atoms with Gasteiger partial charge >= 0.3 is 11.4 Å². The van der Waals surface area contributed by atoms with Gasteiger partial charge in [-0.05, 0) is 35.4 Å². The predicted octanol–water partition coefficient (Wildman–Crippen LogP) is 3.42. The van der Waals surface area contributed by atoms with Crippen LogP contribution in [0.4, 0.5) is 0 Å². The maximum absolute atomic E-state index is 12.2. The minimum absolute atomic E-state index is 0.249. The van der Waals surface area contributed by atoms with Crippen LogP contribution in [0.1, 0.15) is 11.1 Å². The normalized spacial score (nSPS) is 11.0. The number of nitrogens with zero attached hydrogens (tertiary/aromatic N) is 4. The topological polar surface area (TPSA) is 96.1 Å². The van der Waals surface area contributed by atoms with Gasteiger partial charge in [0, 0.05) is 11.1 Å². The smallest absolute Gasteiger partial charge is 0.354 e. The van der Waals surface area contributed by atoms with Crippen LogP contribution < -0.4 is 11.4 Å². The zero-order chi connectivity index (χ0) is 21.9. The van der Waals surface area contributed by atoms with Crippen LogP contribution in [0.3, 0.4) is 0 Å². The highest BCUT2D eigenvalue weighted by Gasteiger charge is 2.12. The summed E-state index contributed by atoms with van der Waals surface area (Å²) in [6.45, 7) is 0.499. The van der Waals surface area contributed by atoms with E-state index in [2.05, 4.69) is 9.97 Å². The van der Waals surface area contributed by atoms with Crippen LogP contribution in [0.2, 0.25) is 0 Å². The largest absolute Gasteiger partial charge is 0.380 e. The Balaban J connectivity index is 1.31. The van der Waals surface area contributed by atoms with E-state index < -0.39 is 11.4 Å². The van der Waals surface area contributed by atoms with Gasteiger partial charge in [-0.15, -0.1) is 9.48 Å². The lowest BCUT2D eigenvalue weighted by Crippen LogP contribution is -2.17.